The molecule has 5 heteroatoms. The molecule has 3 aromatic rings. The van der Waals surface area contributed by atoms with Gasteiger partial charge in [0.25, 0.3) is 0 Å². The molecule has 0 bridgehead atoms. The Morgan fingerprint density at radius 2 is 2.06 bits per heavy atom. The lowest BCUT2D eigenvalue weighted by molar-refractivity contribution is 0.607. The van der Waals surface area contributed by atoms with Crippen LogP contribution in [0.5, 0.6) is 0 Å². The zero-order chi connectivity index (χ0) is 12.7. The molecule has 3 nitrogen and oxygen atoms in total. The van der Waals surface area contributed by atoms with Crippen molar-refractivity contribution in [3.8, 4) is 11.5 Å². The molecule has 0 aliphatic heterocycles. The molecule has 90 valence electrons. The fraction of sp³-hybridized carbons (Fsp3) is 0. The average Bonchev–Trinajstić information content (AvgIpc) is 2.75. The van der Waals surface area contributed by atoms with Crippen LogP contribution in [-0.2, 0) is 0 Å². The third-order valence-corrected chi connectivity index (χ3v) is 3.40. The Bertz CT molecular complexity index is 739. The second-order valence-corrected chi connectivity index (χ2v) is 4.64. The van der Waals surface area contributed by atoms with Crippen LogP contribution in [0.1, 0.15) is 0 Å². The van der Waals surface area contributed by atoms with Crippen molar-refractivity contribution in [2.75, 3.05) is 5.73 Å². The van der Waals surface area contributed by atoms with Crippen molar-refractivity contribution in [2.45, 2.75) is 0 Å². The standard InChI is InChI=1S/C13H8BrFN2O/c14-12-8(2-1-3-9(12)15)13-17-10-5-4-7(16)6-11(10)18-13/h1-6H,16H2. The number of anilines is 1. The highest BCUT2D eigenvalue weighted by molar-refractivity contribution is 9.10. The van der Waals surface area contributed by atoms with Gasteiger partial charge in [-0.15, -0.1) is 0 Å². The molecular formula is C13H8BrFN2O. The van der Waals surface area contributed by atoms with E-state index >= 15 is 0 Å². The number of nitrogens with zero attached hydrogens (tertiary/aromatic N) is 1. The molecule has 0 spiro atoms. The highest BCUT2D eigenvalue weighted by atomic mass is 79.9. The van der Waals surface area contributed by atoms with Crippen molar-refractivity contribution in [3.63, 3.8) is 0 Å². The van der Waals surface area contributed by atoms with Crippen molar-refractivity contribution < 1.29 is 8.81 Å². The van der Waals surface area contributed by atoms with E-state index < -0.39 is 0 Å². The Morgan fingerprint density at radius 3 is 2.89 bits per heavy atom. The van der Waals surface area contributed by atoms with E-state index in [9.17, 15) is 4.39 Å². The highest BCUT2D eigenvalue weighted by Crippen LogP contribution is 2.32. The molecule has 2 N–H and O–H groups in total. The molecule has 0 atom stereocenters. The van der Waals surface area contributed by atoms with E-state index in [0.29, 0.717) is 32.7 Å². The minimum absolute atomic E-state index is 0.338. The van der Waals surface area contributed by atoms with Gasteiger partial charge in [-0.3, -0.25) is 0 Å². The largest absolute Gasteiger partial charge is 0.436 e. The number of halogens is 2. The van der Waals surface area contributed by atoms with Gasteiger partial charge in [-0.1, -0.05) is 6.07 Å². The zero-order valence-electron chi connectivity index (χ0n) is 9.15. The molecule has 3 rings (SSSR count). The molecule has 0 aliphatic carbocycles. The fourth-order valence-corrected chi connectivity index (χ4v) is 2.16. The lowest BCUT2D eigenvalue weighted by Gasteiger charge is -1.99. The third-order valence-electron chi connectivity index (χ3n) is 2.59. The summed E-state index contributed by atoms with van der Waals surface area (Å²) in [7, 11) is 0. The lowest BCUT2D eigenvalue weighted by atomic mass is 10.2. The van der Waals surface area contributed by atoms with Crippen LogP contribution in [-0.4, -0.2) is 4.98 Å². The second-order valence-electron chi connectivity index (χ2n) is 3.85. The molecule has 18 heavy (non-hydrogen) atoms. The number of nitrogens with two attached hydrogens (primary N) is 1. The Kier molecular flexibility index (Phi) is 2.56. The average molecular weight is 307 g/mol. The fourth-order valence-electron chi connectivity index (χ4n) is 1.73. The maximum Gasteiger partial charge on any atom is 0.228 e. The Hall–Kier alpha value is -1.88. The van der Waals surface area contributed by atoms with Crippen LogP contribution < -0.4 is 5.73 Å². The molecule has 1 heterocycles. The van der Waals surface area contributed by atoms with Crippen molar-refractivity contribution in [1.82, 2.24) is 4.98 Å². The van der Waals surface area contributed by atoms with Gasteiger partial charge >= 0.3 is 0 Å². The molecule has 2 aromatic carbocycles. The van der Waals surface area contributed by atoms with Gasteiger partial charge in [0, 0.05) is 11.8 Å². The maximum atomic E-state index is 13.4. The zero-order valence-corrected chi connectivity index (χ0v) is 10.7. The summed E-state index contributed by atoms with van der Waals surface area (Å²) in [6.07, 6.45) is 0. The first-order valence-corrected chi connectivity index (χ1v) is 6.05. The predicted molar refractivity (Wildman–Crippen MR) is 71.5 cm³/mol. The number of rotatable bonds is 1. The van der Waals surface area contributed by atoms with Crippen molar-refractivity contribution in [2.24, 2.45) is 0 Å². The number of oxazole rings is 1. The van der Waals surface area contributed by atoms with Gasteiger partial charge in [0.2, 0.25) is 5.89 Å². The van der Waals surface area contributed by atoms with Crippen LogP contribution in [0.4, 0.5) is 10.1 Å². The molecule has 0 radical (unpaired) electrons. The van der Waals surface area contributed by atoms with E-state index in [0.717, 1.165) is 0 Å². The molecule has 0 fully saturated rings. The summed E-state index contributed by atoms with van der Waals surface area (Å²) < 4.78 is 19.4. The Balaban J connectivity index is 2.22. The van der Waals surface area contributed by atoms with E-state index in [2.05, 4.69) is 20.9 Å². The Morgan fingerprint density at radius 1 is 1.22 bits per heavy atom. The summed E-state index contributed by atoms with van der Waals surface area (Å²) in [6.45, 7) is 0. The first-order chi connectivity index (χ1) is 8.65. The predicted octanol–water partition coefficient (Wildman–Crippen LogP) is 3.98. The highest BCUT2D eigenvalue weighted by Gasteiger charge is 2.13. The van der Waals surface area contributed by atoms with Crippen LogP contribution in [0.25, 0.3) is 22.6 Å². The van der Waals surface area contributed by atoms with Crippen LogP contribution in [0.3, 0.4) is 0 Å². The summed E-state index contributed by atoms with van der Waals surface area (Å²) in [4.78, 5) is 4.31. The van der Waals surface area contributed by atoms with E-state index in [1.165, 1.54) is 6.07 Å². The second kappa shape index (κ2) is 4.10. The van der Waals surface area contributed by atoms with Gasteiger partial charge in [-0.25, -0.2) is 9.37 Å². The quantitative estimate of drug-likeness (QED) is 0.692. The molecule has 0 aliphatic rings. The Labute approximate surface area is 111 Å². The number of benzene rings is 2. The van der Waals surface area contributed by atoms with Gasteiger partial charge in [0.05, 0.1) is 10.0 Å². The lowest BCUT2D eigenvalue weighted by Crippen LogP contribution is -1.83. The van der Waals surface area contributed by atoms with Crippen LogP contribution in [0, 0.1) is 5.82 Å². The normalized spacial score (nSPS) is 11.0. The number of aromatic nitrogens is 1. The number of nitrogen functional groups attached to an aromatic ring is 1. The maximum absolute atomic E-state index is 13.4. The minimum atomic E-state index is -0.353. The molecule has 0 saturated carbocycles. The van der Waals surface area contributed by atoms with Gasteiger partial charge < -0.3 is 10.2 Å². The van der Waals surface area contributed by atoms with E-state index in [1.807, 2.05) is 0 Å². The van der Waals surface area contributed by atoms with Gasteiger partial charge in [0.15, 0.2) is 5.58 Å². The van der Waals surface area contributed by atoms with Crippen LogP contribution in [0.2, 0.25) is 0 Å². The SMILES string of the molecule is Nc1ccc2nc(-c3cccc(F)c3Br)oc2c1. The minimum Gasteiger partial charge on any atom is -0.436 e. The monoisotopic (exact) mass is 306 g/mol. The van der Waals surface area contributed by atoms with Crippen LogP contribution >= 0.6 is 15.9 Å². The van der Waals surface area contributed by atoms with E-state index in [-0.39, 0.29) is 5.82 Å². The summed E-state index contributed by atoms with van der Waals surface area (Å²) in [5, 5.41) is 0. The number of fused-ring (bicyclic) bond motifs is 1. The smallest absolute Gasteiger partial charge is 0.228 e. The summed E-state index contributed by atoms with van der Waals surface area (Å²) in [5.74, 6) is 0.0104. The molecule has 0 saturated heterocycles. The molecule has 0 unspecified atom stereocenters. The summed E-state index contributed by atoms with van der Waals surface area (Å²) in [5.41, 5.74) is 8.12. The van der Waals surface area contributed by atoms with Gasteiger partial charge in [-0.05, 0) is 40.2 Å². The molecule has 1 aromatic heterocycles. The van der Waals surface area contributed by atoms with Crippen molar-refractivity contribution >= 4 is 32.7 Å². The third kappa shape index (κ3) is 1.76. The molecule has 0 amide bonds. The summed E-state index contributed by atoms with van der Waals surface area (Å²) in [6, 6.07) is 9.92. The van der Waals surface area contributed by atoms with Crippen LogP contribution in [0.15, 0.2) is 45.3 Å². The first-order valence-electron chi connectivity index (χ1n) is 5.25. The summed E-state index contributed by atoms with van der Waals surface area (Å²) >= 11 is 3.19. The van der Waals surface area contributed by atoms with Gasteiger partial charge in [0.1, 0.15) is 11.3 Å². The first kappa shape index (κ1) is 11.2. The van der Waals surface area contributed by atoms with E-state index in [1.54, 1.807) is 30.3 Å². The number of hydrogen-bond donors (Lipinski definition) is 1. The number of hydrogen-bond acceptors (Lipinski definition) is 3. The van der Waals surface area contributed by atoms with Gasteiger partial charge in [-0.2, -0.15) is 0 Å². The van der Waals surface area contributed by atoms with E-state index in [4.69, 9.17) is 10.2 Å². The van der Waals surface area contributed by atoms with Crippen molar-refractivity contribution in [3.05, 3.63) is 46.7 Å². The van der Waals surface area contributed by atoms with Crippen molar-refractivity contribution in [1.29, 1.82) is 0 Å². The topological polar surface area (TPSA) is 52.0 Å². The molecular weight excluding hydrogens is 299 g/mol.